The summed E-state index contributed by atoms with van der Waals surface area (Å²) in [6.07, 6.45) is 0. The first kappa shape index (κ1) is 17.4. The molecule has 0 bridgehead atoms. The third-order valence-corrected chi connectivity index (χ3v) is 4.14. The third-order valence-electron chi connectivity index (χ3n) is 4.14. The predicted molar refractivity (Wildman–Crippen MR) is 104 cm³/mol. The fraction of sp³-hybridized carbons (Fsp3) is 0.0952. The van der Waals surface area contributed by atoms with Crippen LogP contribution in [0.15, 0.2) is 77.9 Å². The van der Waals surface area contributed by atoms with Gasteiger partial charge < -0.3 is 10.1 Å². The van der Waals surface area contributed by atoms with E-state index in [9.17, 15) is 0 Å². The molecule has 0 aliphatic carbocycles. The van der Waals surface area contributed by atoms with Crippen molar-refractivity contribution >= 4 is 11.5 Å². The Hall–Kier alpha value is -3.47. The van der Waals surface area contributed by atoms with Crippen LogP contribution in [0.5, 0.6) is 5.75 Å². The Labute approximate surface area is 152 Å². The second-order valence-electron chi connectivity index (χ2n) is 5.82. The summed E-state index contributed by atoms with van der Waals surface area (Å²) in [6.45, 7) is 0.711. The number of hydrogen-bond donors (Lipinski definition) is 3. The number of anilines is 1. The highest BCUT2D eigenvalue weighted by atomic mass is 16.5. The summed E-state index contributed by atoms with van der Waals surface area (Å²) in [6, 6.07) is 23.8. The Bertz CT molecular complexity index is 885. The topological polar surface area (TPSA) is 81.3 Å². The molecule has 0 atom stereocenters. The van der Waals surface area contributed by atoms with Crippen molar-refractivity contribution < 1.29 is 4.74 Å². The lowest BCUT2D eigenvalue weighted by molar-refractivity contribution is 0.415. The van der Waals surface area contributed by atoms with Gasteiger partial charge in [-0.3, -0.25) is 5.41 Å². The van der Waals surface area contributed by atoms with Gasteiger partial charge in [-0.05, 0) is 53.1 Å². The van der Waals surface area contributed by atoms with E-state index in [0.717, 1.165) is 17.0 Å². The lowest BCUT2D eigenvalue weighted by Gasteiger charge is -2.09. The van der Waals surface area contributed by atoms with Crippen LogP contribution in [0.25, 0.3) is 11.1 Å². The van der Waals surface area contributed by atoms with Crippen molar-refractivity contribution in [3.63, 3.8) is 0 Å². The Morgan fingerprint density at radius 2 is 1.46 bits per heavy atom. The van der Waals surface area contributed by atoms with Gasteiger partial charge in [0.25, 0.3) is 0 Å². The summed E-state index contributed by atoms with van der Waals surface area (Å²) in [7, 11) is 1.67. The normalized spacial score (nSPS) is 10.2. The van der Waals surface area contributed by atoms with Crippen LogP contribution >= 0.6 is 0 Å². The number of rotatable bonds is 6. The van der Waals surface area contributed by atoms with Crippen LogP contribution < -0.4 is 10.1 Å². The number of nitrogens with zero attached hydrogens (tertiary/aromatic N) is 1. The first-order valence-electron chi connectivity index (χ1n) is 8.23. The average Bonchev–Trinajstić information content (AvgIpc) is 2.72. The molecule has 0 fully saturated rings. The Balaban J connectivity index is 1.62. The molecule has 5 heteroatoms. The standard InChI is InChI=1S/C21H20N4O/c1-26-20-12-8-17(9-13-20)16-4-2-15(3-5-16)14-24-19-10-6-18(7-11-19)21(22)25-23/h2-13,22-24H,14H2,1H3. The van der Waals surface area contributed by atoms with Crippen LogP contribution in [0.3, 0.4) is 0 Å². The number of benzene rings is 3. The molecule has 3 aromatic carbocycles. The minimum atomic E-state index is -0.0364. The minimum Gasteiger partial charge on any atom is -0.497 e. The summed E-state index contributed by atoms with van der Waals surface area (Å²) in [5.41, 5.74) is 12.0. The highest BCUT2D eigenvalue weighted by molar-refractivity contribution is 5.96. The second kappa shape index (κ2) is 8.07. The van der Waals surface area contributed by atoms with E-state index in [1.807, 2.05) is 36.4 Å². The molecule has 3 aromatic rings. The molecular weight excluding hydrogens is 324 g/mol. The van der Waals surface area contributed by atoms with E-state index < -0.39 is 0 Å². The third kappa shape index (κ3) is 4.13. The summed E-state index contributed by atoms with van der Waals surface area (Å²) >= 11 is 0. The fourth-order valence-electron chi connectivity index (χ4n) is 2.61. The Morgan fingerprint density at radius 1 is 0.885 bits per heavy atom. The molecule has 26 heavy (non-hydrogen) atoms. The second-order valence-corrected chi connectivity index (χ2v) is 5.82. The SMILES string of the molecule is COc1ccc(-c2ccc(CNc3ccc(C(=N)N=N)cc3)cc2)cc1. The van der Waals surface area contributed by atoms with E-state index in [1.54, 1.807) is 19.2 Å². The molecule has 3 N–H and O–H groups in total. The number of methoxy groups -OCH3 is 1. The molecule has 0 aliphatic heterocycles. The van der Waals surface area contributed by atoms with E-state index in [4.69, 9.17) is 15.7 Å². The molecule has 0 saturated carbocycles. The Kier molecular flexibility index (Phi) is 5.39. The van der Waals surface area contributed by atoms with Crippen molar-refractivity contribution in [2.24, 2.45) is 5.11 Å². The molecule has 3 rings (SSSR count). The van der Waals surface area contributed by atoms with Gasteiger partial charge in [-0.15, -0.1) is 5.11 Å². The van der Waals surface area contributed by atoms with Gasteiger partial charge in [0.2, 0.25) is 0 Å². The van der Waals surface area contributed by atoms with Gasteiger partial charge >= 0.3 is 0 Å². The van der Waals surface area contributed by atoms with Crippen molar-refractivity contribution in [3.05, 3.63) is 83.9 Å². The highest BCUT2D eigenvalue weighted by Crippen LogP contribution is 2.23. The lowest BCUT2D eigenvalue weighted by Crippen LogP contribution is -2.00. The fourth-order valence-corrected chi connectivity index (χ4v) is 2.61. The summed E-state index contributed by atoms with van der Waals surface area (Å²) in [5, 5.41) is 14.0. The zero-order valence-corrected chi connectivity index (χ0v) is 14.5. The van der Waals surface area contributed by atoms with E-state index in [-0.39, 0.29) is 5.84 Å². The van der Waals surface area contributed by atoms with Crippen molar-refractivity contribution in [1.29, 1.82) is 10.9 Å². The molecule has 130 valence electrons. The van der Waals surface area contributed by atoms with Gasteiger partial charge in [0.1, 0.15) is 5.75 Å². The average molecular weight is 344 g/mol. The van der Waals surface area contributed by atoms with Crippen molar-refractivity contribution in [3.8, 4) is 16.9 Å². The summed E-state index contributed by atoms with van der Waals surface area (Å²) < 4.78 is 5.19. The Morgan fingerprint density at radius 3 is 2.00 bits per heavy atom. The van der Waals surface area contributed by atoms with Gasteiger partial charge in [-0.2, -0.15) is 0 Å². The molecule has 0 radical (unpaired) electrons. The van der Waals surface area contributed by atoms with E-state index in [2.05, 4.69) is 34.7 Å². The molecule has 5 nitrogen and oxygen atoms in total. The maximum Gasteiger partial charge on any atom is 0.173 e. The minimum absolute atomic E-state index is 0.0364. The molecule has 0 aromatic heterocycles. The molecule has 0 aliphatic rings. The van der Waals surface area contributed by atoms with Crippen LogP contribution in [0.4, 0.5) is 5.69 Å². The summed E-state index contributed by atoms with van der Waals surface area (Å²) in [5.74, 6) is 0.817. The van der Waals surface area contributed by atoms with Gasteiger partial charge in [0.15, 0.2) is 5.84 Å². The number of nitrogens with one attached hydrogen (secondary N) is 3. The summed E-state index contributed by atoms with van der Waals surface area (Å²) in [4.78, 5) is 0. The van der Waals surface area contributed by atoms with Gasteiger partial charge in [-0.25, -0.2) is 5.53 Å². The molecule has 0 saturated heterocycles. The van der Waals surface area contributed by atoms with Crippen LogP contribution in [0, 0.1) is 10.9 Å². The maximum absolute atomic E-state index is 7.52. The molecule has 0 spiro atoms. The predicted octanol–water partition coefficient (Wildman–Crippen LogP) is 5.33. The van der Waals surface area contributed by atoms with Crippen molar-refractivity contribution in [2.75, 3.05) is 12.4 Å². The molecule has 0 unspecified atom stereocenters. The van der Waals surface area contributed by atoms with E-state index in [0.29, 0.717) is 12.1 Å². The largest absolute Gasteiger partial charge is 0.497 e. The molecular formula is C21H20N4O. The monoisotopic (exact) mass is 344 g/mol. The van der Waals surface area contributed by atoms with Crippen LogP contribution in [0.1, 0.15) is 11.1 Å². The molecule has 0 heterocycles. The number of amidine groups is 1. The van der Waals surface area contributed by atoms with Gasteiger partial charge in [0.05, 0.1) is 7.11 Å². The van der Waals surface area contributed by atoms with Crippen molar-refractivity contribution in [2.45, 2.75) is 6.54 Å². The van der Waals surface area contributed by atoms with Crippen LogP contribution in [0.2, 0.25) is 0 Å². The van der Waals surface area contributed by atoms with Crippen molar-refractivity contribution in [1.82, 2.24) is 0 Å². The zero-order chi connectivity index (χ0) is 18.4. The number of hydrogen-bond acceptors (Lipinski definition) is 4. The van der Waals surface area contributed by atoms with Crippen LogP contribution in [-0.4, -0.2) is 12.9 Å². The number of ether oxygens (including phenoxy) is 1. The van der Waals surface area contributed by atoms with Gasteiger partial charge in [0, 0.05) is 17.8 Å². The molecule has 0 amide bonds. The first-order chi connectivity index (χ1) is 12.7. The maximum atomic E-state index is 7.52. The highest BCUT2D eigenvalue weighted by Gasteiger charge is 2.01. The smallest absolute Gasteiger partial charge is 0.173 e. The van der Waals surface area contributed by atoms with E-state index >= 15 is 0 Å². The van der Waals surface area contributed by atoms with Crippen LogP contribution in [-0.2, 0) is 6.54 Å². The lowest BCUT2D eigenvalue weighted by atomic mass is 10.0. The zero-order valence-electron chi connectivity index (χ0n) is 14.5. The quantitative estimate of drug-likeness (QED) is 0.321. The van der Waals surface area contributed by atoms with E-state index in [1.165, 1.54) is 11.1 Å². The van der Waals surface area contributed by atoms with Gasteiger partial charge in [-0.1, -0.05) is 36.4 Å². The first-order valence-corrected chi connectivity index (χ1v) is 8.23.